The Bertz CT molecular complexity index is 104. The van der Waals surface area contributed by atoms with E-state index in [4.69, 9.17) is 5.11 Å². The van der Waals surface area contributed by atoms with Crippen LogP contribution in [0, 0.1) is 0 Å². The van der Waals surface area contributed by atoms with Crippen molar-refractivity contribution >= 4 is 18.6 Å². The predicted octanol–water partition coefficient (Wildman–Crippen LogP) is 1.95. The van der Waals surface area contributed by atoms with Crippen molar-refractivity contribution in [3.63, 3.8) is 0 Å². The molecule has 0 aromatic heterocycles. The van der Waals surface area contributed by atoms with Crippen molar-refractivity contribution in [2.24, 2.45) is 0 Å². The van der Waals surface area contributed by atoms with E-state index in [1.807, 2.05) is 0 Å². The number of carboxylic acids is 1. The Balaban J connectivity index is 3.21. The molecule has 0 fully saturated rings. The van der Waals surface area contributed by atoms with Crippen LogP contribution in [0.2, 0.25) is 0 Å². The fourth-order valence-electron chi connectivity index (χ4n) is 0.711. The average molecular weight is 162 g/mol. The first-order chi connectivity index (χ1) is 4.68. The number of unbranched alkanes of at least 4 members (excludes halogenated alkanes) is 2. The maximum atomic E-state index is 10.2. The zero-order valence-electron chi connectivity index (χ0n) is 6.21. The van der Waals surface area contributed by atoms with Gasteiger partial charge in [0.25, 0.3) is 0 Å². The van der Waals surface area contributed by atoms with Crippen LogP contribution in [0.15, 0.2) is 0 Å². The molecule has 0 aromatic rings. The zero-order chi connectivity index (χ0) is 7.98. The van der Waals surface area contributed by atoms with E-state index in [0.29, 0.717) is 6.42 Å². The van der Waals surface area contributed by atoms with Gasteiger partial charge in [-0.2, -0.15) is 12.6 Å². The second kappa shape index (κ2) is 5.59. The lowest BCUT2D eigenvalue weighted by atomic mass is 10.1. The smallest absolute Gasteiger partial charge is 0.316 e. The van der Waals surface area contributed by atoms with Crippen LogP contribution in [0.25, 0.3) is 0 Å². The molecule has 0 spiro atoms. The molecule has 0 bridgehead atoms. The fourth-order valence-corrected chi connectivity index (χ4v) is 0.894. The van der Waals surface area contributed by atoms with E-state index in [9.17, 15) is 4.79 Å². The molecule has 60 valence electrons. The summed E-state index contributed by atoms with van der Waals surface area (Å²) in [7, 11) is 0. The molecular formula is C7H14O2S. The molecule has 0 saturated carbocycles. The van der Waals surface area contributed by atoms with Crippen molar-refractivity contribution in [3.8, 4) is 0 Å². The molecule has 3 heteroatoms. The molecule has 2 nitrogen and oxygen atoms in total. The lowest BCUT2D eigenvalue weighted by Gasteiger charge is -2.02. The van der Waals surface area contributed by atoms with Crippen LogP contribution in [0.5, 0.6) is 0 Å². The number of hydrogen-bond donors (Lipinski definition) is 2. The molecule has 0 amide bonds. The molecule has 0 heterocycles. The molecule has 1 N–H and O–H groups in total. The Hall–Kier alpha value is -0.180. The van der Waals surface area contributed by atoms with Gasteiger partial charge in [0.05, 0.1) is 5.25 Å². The van der Waals surface area contributed by atoms with Gasteiger partial charge in [0.2, 0.25) is 0 Å². The van der Waals surface area contributed by atoms with E-state index < -0.39 is 11.2 Å². The van der Waals surface area contributed by atoms with E-state index in [0.717, 1.165) is 19.3 Å². The standard InChI is InChI=1S/C7H14O2S/c1-2-3-4-5-6(10)7(8)9/h6,10H,2-5H2,1H3,(H,8,9)/t6-/m0/s1. The Kier molecular flexibility index (Phi) is 5.49. The lowest BCUT2D eigenvalue weighted by Crippen LogP contribution is -2.12. The number of thiol groups is 1. The van der Waals surface area contributed by atoms with E-state index >= 15 is 0 Å². The summed E-state index contributed by atoms with van der Waals surface area (Å²) < 4.78 is 0. The number of carbonyl (C=O) groups is 1. The van der Waals surface area contributed by atoms with Gasteiger partial charge in [-0.15, -0.1) is 0 Å². The highest BCUT2D eigenvalue weighted by Crippen LogP contribution is 2.07. The van der Waals surface area contributed by atoms with Crippen molar-refractivity contribution in [1.29, 1.82) is 0 Å². The third-order valence-corrected chi connectivity index (χ3v) is 1.85. The number of hydrogen-bond acceptors (Lipinski definition) is 2. The van der Waals surface area contributed by atoms with Gasteiger partial charge in [-0.25, -0.2) is 0 Å². The molecule has 0 aliphatic heterocycles. The lowest BCUT2D eigenvalue weighted by molar-refractivity contribution is -0.136. The summed E-state index contributed by atoms with van der Waals surface area (Å²) in [6.07, 6.45) is 3.88. The summed E-state index contributed by atoms with van der Waals surface area (Å²) in [5.41, 5.74) is 0. The van der Waals surface area contributed by atoms with Gasteiger partial charge in [0.15, 0.2) is 0 Å². The van der Waals surface area contributed by atoms with Gasteiger partial charge in [-0.3, -0.25) is 4.79 Å². The summed E-state index contributed by atoms with van der Waals surface area (Å²) in [5.74, 6) is -0.806. The van der Waals surface area contributed by atoms with Crippen molar-refractivity contribution in [1.82, 2.24) is 0 Å². The zero-order valence-corrected chi connectivity index (χ0v) is 7.10. The van der Waals surface area contributed by atoms with Crippen molar-refractivity contribution < 1.29 is 9.90 Å². The van der Waals surface area contributed by atoms with Crippen LogP contribution < -0.4 is 0 Å². The molecule has 1 atom stereocenters. The summed E-state index contributed by atoms with van der Waals surface area (Å²) in [4.78, 5) is 10.2. The maximum Gasteiger partial charge on any atom is 0.316 e. The summed E-state index contributed by atoms with van der Waals surface area (Å²) in [6, 6.07) is 0. The van der Waals surface area contributed by atoms with Gasteiger partial charge in [-0.05, 0) is 6.42 Å². The van der Waals surface area contributed by atoms with Crippen LogP contribution >= 0.6 is 12.6 Å². The first-order valence-electron chi connectivity index (χ1n) is 3.59. The average Bonchev–Trinajstić information content (AvgIpc) is 1.88. The van der Waals surface area contributed by atoms with Gasteiger partial charge < -0.3 is 5.11 Å². The second-order valence-corrected chi connectivity index (χ2v) is 2.97. The van der Waals surface area contributed by atoms with Crippen LogP contribution in [0.1, 0.15) is 32.6 Å². The van der Waals surface area contributed by atoms with Crippen molar-refractivity contribution in [2.75, 3.05) is 0 Å². The largest absolute Gasteiger partial charge is 0.480 e. The highest BCUT2D eigenvalue weighted by molar-refractivity contribution is 7.81. The number of rotatable bonds is 5. The second-order valence-electron chi connectivity index (χ2n) is 2.35. The Labute approximate surface area is 67.0 Å². The minimum atomic E-state index is -0.806. The highest BCUT2D eigenvalue weighted by atomic mass is 32.1. The molecular weight excluding hydrogens is 148 g/mol. The third kappa shape index (κ3) is 4.68. The minimum absolute atomic E-state index is 0.466. The predicted molar refractivity (Wildman–Crippen MR) is 44.6 cm³/mol. The normalized spacial score (nSPS) is 13.0. The third-order valence-electron chi connectivity index (χ3n) is 1.37. The molecule has 0 aliphatic carbocycles. The fraction of sp³-hybridized carbons (Fsp3) is 0.857. The van der Waals surface area contributed by atoms with E-state index in [1.165, 1.54) is 0 Å². The quantitative estimate of drug-likeness (QED) is 0.479. The topological polar surface area (TPSA) is 37.3 Å². The molecule has 0 aromatic carbocycles. The van der Waals surface area contributed by atoms with Gasteiger partial charge in [-0.1, -0.05) is 26.2 Å². The first kappa shape index (κ1) is 9.82. The summed E-state index contributed by atoms with van der Waals surface area (Å²) >= 11 is 3.90. The van der Waals surface area contributed by atoms with Crippen LogP contribution in [-0.4, -0.2) is 16.3 Å². The Morgan fingerprint density at radius 3 is 2.60 bits per heavy atom. The Morgan fingerprint density at radius 2 is 2.20 bits per heavy atom. The minimum Gasteiger partial charge on any atom is -0.480 e. The summed E-state index contributed by atoms with van der Waals surface area (Å²) in [5, 5.41) is 7.94. The van der Waals surface area contributed by atoms with Crippen molar-refractivity contribution in [3.05, 3.63) is 0 Å². The van der Waals surface area contributed by atoms with Gasteiger partial charge in [0, 0.05) is 0 Å². The first-order valence-corrected chi connectivity index (χ1v) is 4.11. The summed E-state index contributed by atoms with van der Waals surface area (Å²) in [6.45, 7) is 2.09. The van der Waals surface area contributed by atoms with E-state index in [-0.39, 0.29) is 0 Å². The van der Waals surface area contributed by atoms with Crippen LogP contribution in [-0.2, 0) is 4.79 Å². The highest BCUT2D eigenvalue weighted by Gasteiger charge is 2.09. The Morgan fingerprint density at radius 1 is 1.60 bits per heavy atom. The van der Waals surface area contributed by atoms with Crippen LogP contribution in [0.3, 0.4) is 0 Å². The van der Waals surface area contributed by atoms with E-state index in [2.05, 4.69) is 19.6 Å². The monoisotopic (exact) mass is 162 g/mol. The van der Waals surface area contributed by atoms with Gasteiger partial charge >= 0.3 is 5.97 Å². The molecule has 0 rings (SSSR count). The molecule has 0 unspecified atom stereocenters. The van der Waals surface area contributed by atoms with E-state index in [1.54, 1.807) is 0 Å². The SMILES string of the molecule is CCCCC[C@H](S)C(=O)O. The molecule has 0 aliphatic rings. The molecule has 0 radical (unpaired) electrons. The van der Waals surface area contributed by atoms with Crippen LogP contribution in [0.4, 0.5) is 0 Å². The molecule has 10 heavy (non-hydrogen) atoms. The van der Waals surface area contributed by atoms with Gasteiger partial charge in [0.1, 0.15) is 0 Å². The number of aliphatic carboxylic acids is 1. The number of carboxylic acid groups (broad SMARTS) is 1. The maximum absolute atomic E-state index is 10.2. The molecule has 0 saturated heterocycles. The van der Waals surface area contributed by atoms with Crippen molar-refractivity contribution in [2.45, 2.75) is 37.9 Å².